The highest BCUT2D eigenvalue weighted by molar-refractivity contribution is 8.06. The zero-order chi connectivity index (χ0) is 7.68. The monoisotopic (exact) mass is 167 g/mol. The molecule has 2 aliphatic rings. The number of hydrogen-bond acceptors (Lipinski definition) is 4. The van der Waals surface area contributed by atoms with Crippen LogP contribution in [0.1, 0.15) is 0 Å². The molecular weight excluding hydrogens is 160 g/mol. The summed E-state index contributed by atoms with van der Waals surface area (Å²) >= 11 is 1.60. The summed E-state index contributed by atoms with van der Waals surface area (Å²) in [5.41, 5.74) is 1.02. The predicted octanol–water partition coefficient (Wildman–Crippen LogP) is 1.53. The summed E-state index contributed by atoms with van der Waals surface area (Å²) in [7, 11) is 1.63. The summed E-state index contributed by atoms with van der Waals surface area (Å²) in [5, 5.41) is 1.65. The van der Waals surface area contributed by atoms with Gasteiger partial charge in [0, 0.05) is 12.4 Å². The van der Waals surface area contributed by atoms with Gasteiger partial charge in [0.2, 0.25) is 0 Å². The van der Waals surface area contributed by atoms with E-state index in [0.717, 1.165) is 10.6 Å². The van der Waals surface area contributed by atoms with Crippen molar-refractivity contribution in [3.05, 3.63) is 29.3 Å². The second-order valence-electron chi connectivity index (χ2n) is 2.09. The molecule has 1 radical (unpaired) electrons. The maximum Gasteiger partial charge on any atom is 0.132 e. The lowest BCUT2D eigenvalue weighted by Gasteiger charge is -2.16. The van der Waals surface area contributed by atoms with Gasteiger partial charge in [-0.3, -0.25) is 9.83 Å². The van der Waals surface area contributed by atoms with E-state index in [4.69, 9.17) is 4.84 Å². The number of fused-ring (bicyclic) bond motifs is 1. The van der Waals surface area contributed by atoms with E-state index in [-0.39, 0.29) is 0 Å². The topological polar surface area (TPSA) is 24.8 Å². The van der Waals surface area contributed by atoms with Crippen molar-refractivity contribution in [3.8, 4) is 0 Å². The summed E-state index contributed by atoms with van der Waals surface area (Å²) in [6, 6.07) is 0. The van der Waals surface area contributed by atoms with Gasteiger partial charge in [-0.1, -0.05) is 11.8 Å². The lowest BCUT2D eigenvalue weighted by molar-refractivity contribution is -0.0441. The van der Waals surface area contributed by atoms with E-state index in [1.807, 2.05) is 24.4 Å². The third kappa shape index (κ3) is 1.19. The van der Waals surface area contributed by atoms with Crippen molar-refractivity contribution >= 4 is 17.5 Å². The van der Waals surface area contributed by atoms with Crippen LogP contribution in [-0.4, -0.2) is 17.9 Å². The van der Waals surface area contributed by atoms with Crippen LogP contribution in [-0.2, 0) is 4.84 Å². The standard InChI is InChI=1S/C7H7N2OS/c1-10-9-3-2-6-7(4-9)11-5-8-6/h2-5H,1H3. The average molecular weight is 167 g/mol. The minimum Gasteiger partial charge on any atom is -0.273 e. The van der Waals surface area contributed by atoms with Gasteiger partial charge in [-0.25, -0.2) is 5.06 Å². The Morgan fingerprint density at radius 2 is 2.55 bits per heavy atom. The van der Waals surface area contributed by atoms with Crippen LogP contribution in [0, 0.1) is 5.88 Å². The van der Waals surface area contributed by atoms with Crippen LogP contribution in [0.15, 0.2) is 28.4 Å². The number of rotatable bonds is 1. The second-order valence-corrected chi connectivity index (χ2v) is 2.98. The Hall–Kier alpha value is -0.740. The first kappa shape index (κ1) is 6.94. The van der Waals surface area contributed by atoms with E-state index in [2.05, 4.69) is 4.99 Å². The fourth-order valence-corrected chi connectivity index (χ4v) is 1.59. The number of nitrogens with zero attached hydrogens (tertiary/aromatic N) is 2. The van der Waals surface area contributed by atoms with Gasteiger partial charge in [-0.2, -0.15) is 0 Å². The van der Waals surface area contributed by atoms with Crippen molar-refractivity contribution in [1.82, 2.24) is 5.06 Å². The summed E-state index contributed by atoms with van der Waals surface area (Å²) in [6.45, 7) is 0. The van der Waals surface area contributed by atoms with E-state index in [9.17, 15) is 0 Å². The van der Waals surface area contributed by atoms with Gasteiger partial charge in [-0.15, -0.1) is 0 Å². The van der Waals surface area contributed by atoms with Crippen molar-refractivity contribution in [2.75, 3.05) is 7.11 Å². The Kier molecular flexibility index (Phi) is 1.71. The Morgan fingerprint density at radius 3 is 3.36 bits per heavy atom. The molecule has 0 saturated carbocycles. The normalized spacial score (nSPS) is 21.4. The molecule has 0 N–H and O–H groups in total. The fraction of sp³-hybridized carbons (Fsp3) is 0.143. The number of thioether (sulfide) groups is 1. The van der Waals surface area contributed by atoms with Crippen LogP contribution < -0.4 is 0 Å². The molecule has 0 spiro atoms. The van der Waals surface area contributed by atoms with E-state index >= 15 is 0 Å². The predicted molar refractivity (Wildman–Crippen MR) is 45.4 cm³/mol. The first-order valence-electron chi connectivity index (χ1n) is 3.19. The van der Waals surface area contributed by atoms with Crippen molar-refractivity contribution in [2.45, 2.75) is 0 Å². The summed E-state index contributed by atoms with van der Waals surface area (Å²) < 4.78 is 0. The molecule has 57 valence electrons. The maximum absolute atomic E-state index is 4.99. The lowest BCUT2D eigenvalue weighted by atomic mass is 10.3. The molecule has 2 aliphatic heterocycles. The second kappa shape index (κ2) is 2.71. The largest absolute Gasteiger partial charge is 0.273 e. The molecule has 0 atom stereocenters. The zero-order valence-corrected chi connectivity index (χ0v) is 6.84. The third-order valence-corrected chi connectivity index (χ3v) is 2.24. The molecule has 0 aromatic heterocycles. The van der Waals surface area contributed by atoms with Gasteiger partial charge < -0.3 is 0 Å². The van der Waals surface area contributed by atoms with E-state index in [1.54, 1.807) is 23.9 Å². The van der Waals surface area contributed by atoms with Crippen LogP contribution in [0.5, 0.6) is 0 Å². The van der Waals surface area contributed by atoms with E-state index < -0.39 is 0 Å². The van der Waals surface area contributed by atoms with Crippen LogP contribution in [0.2, 0.25) is 0 Å². The Labute approximate surface area is 69.4 Å². The molecule has 0 saturated heterocycles. The molecule has 0 aromatic carbocycles. The fourth-order valence-electron chi connectivity index (χ4n) is 0.902. The van der Waals surface area contributed by atoms with Gasteiger partial charge in [-0.05, 0) is 6.08 Å². The minimum atomic E-state index is 1.02. The first-order valence-corrected chi connectivity index (χ1v) is 4.07. The molecule has 3 nitrogen and oxygen atoms in total. The van der Waals surface area contributed by atoms with Gasteiger partial charge in [0.1, 0.15) is 5.88 Å². The lowest BCUT2D eigenvalue weighted by Crippen LogP contribution is -2.13. The van der Waals surface area contributed by atoms with Crippen LogP contribution >= 0.6 is 11.8 Å². The van der Waals surface area contributed by atoms with Crippen LogP contribution in [0.4, 0.5) is 0 Å². The summed E-state index contributed by atoms with van der Waals surface area (Å²) in [4.78, 5) is 10.3. The average Bonchev–Trinajstić information content (AvgIpc) is 2.50. The van der Waals surface area contributed by atoms with E-state index in [0.29, 0.717) is 0 Å². The quantitative estimate of drug-likeness (QED) is 0.592. The molecule has 0 aromatic rings. The Bertz CT molecular complexity index is 257. The molecule has 11 heavy (non-hydrogen) atoms. The number of allylic oxidation sites excluding steroid dienone is 2. The molecule has 2 rings (SSSR count). The summed E-state index contributed by atoms with van der Waals surface area (Å²) in [5.74, 6) is 1.82. The van der Waals surface area contributed by atoms with Crippen molar-refractivity contribution < 1.29 is 4.84 Å². The SMILES string of the molecule is CON1C=CC2=N[CH]SC2=C1. The zero-order valence-electron chi connectivity index (χ0n) is 6.02. The molecule has 0 unspecified atom stereocenters. The van der Waals surface area contributed by atoms with Crippen molar-refractivity contribution in [3.63, 3.8) is 0 Å². The van der Waals surface area contributed by atoms with Crippen molar-refractivity contribution in [2.24, 2.45) is 4.99 Å². The van der Waals surface area contributed by atoms with Crippen molar-refractivity contribution in [1.29, 1.82) is 0 Å². The molecule has 0 aliphatic carbocycles. The van der Waals surface area contributed by atoms with Gasteiger partial charge in [0.05, 0.1) is 17.7 Å². The molecular formula is C7H7N2OS. The molecule has 0 amide bonds. The van der Waals surface area contributed by atoms with Gasteiger partial charge in [0.25, 0.3) is 0 Å². The highest BCUT2D eigenvalue weighted by Gasteiger charge is 2.16. The highest BCUT2D eigenvalue weighted by Crippen LogP contribution is 2.31. The first-order chi connectivity index (χ1) is 5.40. The van der Waals surface area contributed by atoms with Gasteiger partial charge in [0.15, 0.2) is 0 Å². The molecule has 0 fully saturated rings. The minimum absolute atomic E-state index is 1.02. The molecule has 0 bridgehead atoms. The summed E-state index contributed by atoms with van der Waals surface area (Å²) in [6.07, 6.45) is 5.67. The molecule has 2 heterocycles. The number of aliphatic imine (C=N–C) groups is 1. The Morgan fingerprint density at radius 1 is 1.64 bits per heavy atom. The highest BCUT2D eigenvalue weighted by atomic mass is 32.2. The molecule has 4 heteroatoms. The van der Waals surface area contributed by atoms with Crippen LogP contribution in [0.3, 0.4) is 0 Å². The van der Waals surface area contributed by atoms with Gasteiger partial charge >= 0.3 is 0 Å². The van der Waals surface area contributed by atoms with Crippen LogP contribution in [0.25, 0.3) is 0 Å². The Balaban J connectivity index is 2.24. The number of hydrogen-bond donors (Lipinski definition) is 0. The smallest absolute Gasteiger partial charge is 0.132 e. The maximum atomic E-state index is 4.99. The third-order valence-electron chi connectivity index (χ3n) is 1.46. The number of hydroxylamine groups is 2. The van der Waals surface area contributed by atoms with E-state index in [1.165, 1.54) is 0 Å².